The van der Waals surface area contributed by atoms with Gasteiger partial charge in [0.15, 0.2) is 0 Å². The summed E-state index contributed by atoms with van der Waals surface area (Å²) in [4.78, 5) is 0. The molecule has 0 aromatic rings. The minimum atomic E-state index is -1.75. The molecule has 5 nitrogen and oxygen atoms in total. The summed E-state index contributed by atoms with van der Waals surface area (Å²) in [5.74, 6) is 2.08. The molecule has 9 heteroatoms. The average molecular weight is 204 g/mol. The van der Waals surface area contributed by atoms with E-state index in [-0.39, 0.29) is 15.6 Å². The zero-order valence-corrected chi connectivity index (χ0v) is 10.4. The molecule has 0 aromatic heterocycles. The van der Waals surface area contributed by atoms with Gasteiger partial charge in [-0.15, -0.1) is 0 Å². The third-order valence-corrected chi connectivity index (χ3v) is 1.50. The van der Waals surface area contributed by atoms with Gasteiger partial charge in [-0.1, -0.05) is 0 Å². The summed E-state index contributed by atoms with van der Waals surface area (Å²) in [5.41, 5.74) is 0. The van der Waals surface area contributed by atoms with Crippen molar-refractivity contribution in [1.29, 1.82) is 0 Å². The second kappa shape index (κ2) is 31.7. The van der Waals surface area contributed by atoms with Gasteiger partial charge in [0.1, 0.15) is 0 Å². The molecule has 0 radical (unpaired) electrons. The first-order valence-corrected chi connectivity index (χ1v) is 6.52. The third-order valence-electron chi connectivity index (χ3n) is 0.167. The van der Waals surface area contributed by atoms with E-state index in [1.807, 2.05) is 0 Å². The Hall–Kier alpha value is 1.29. The predicted molar refractivity (Wildman–Crippen MR) is 32.7 cm³/mol. The van der Waals surface area contributed by atoms with Gasteiger partial charge in [-0.05, 0) is 0 Å². The SMILES string of the molecule is [CH3][AlH][O][Al+2].[O]=[Al][O-].[O]=[Al][O-]. The van der Waals surface area contributed by atoms with E-state index in [9.17, 15) is 0 Å². The summed E-state index contributed by atoms with van der Waals surface area (Å²) in [7, 11) is 0. The second-order valence-corrected chi connectivity index (χ2v) is 2.94. The fourth-order valence-corrected chi connectivity index (χ4v) is 0. The molecule has 0 aromatic carbocycles. The summed E-state index contributed by atoms with van der Waals surface area (Å²) < 4.78 is 38.4. The summed E-state index contributed by atoms with van der Waals surface area (Å²) >= 11 is -1.40. The van der Waals surface area contributed by atoms with Crippen molar-refractivity contribution in [2.24, 2.45) is 0 Å². The normalized spacial score (nSPS) is 4.30. The Bertz CT molecular complexity index is 49.6. The standard InChI is InChI=1S/CH3.4Al.5O.H/h1H3;;;;;;;;;;/q;;;;+2;;;;2*-1;. The molecule has 0 spiro atoms. The van der Waals surface area contributed by atoms with E-state index in [4.69, 9.17) is 15.9 Å². The van der Waals surface area contributed by atoms with E-state index in [2.05, 4.69) is 25.2 Å². The average Bonchev–Trinajstić information content (AvgIpc) is 1.91. The quantitative estimate of drug-likeness (QED) is 0.407. The van der Waals surface area contributed by atoms with Crippen molar-refractivity contribution in [1.82, 2.24) is 0 Å². The second-order valence-electron chi connectivity index (χ2n) is 0.648. The molecule has 0 N–H and O–H groups in total. The zero-order chi connectivity index (χ0) is 8.83. The van der Waals surface area contributed by atoms with Crippen LogP contribution in [0.4, 0.5) is 0 Å². The van der Waals surface area contributed by atoms with Crippen molar-refractivity contribution in [3.8, 4) is 0 Å². The molecule has 0 amide bonds. The summed E-state index contributed by atoms with van der Waals surface area (Å²) in [6.07, 6.45) is 0. The van der Waals surface area contributed by atoms with Crippen LogP contribution in [0, 0.1) is 0 Å². The molecule has 0 aliphatic heterocycles. The van der Waals surface area contributed by atoms with Crippen molar-refractivity contribution in [3.05, 3.63) is 0 Å². The first-order valence-electron chi connectivity index (χ1n) is 2.17. The Balaban J connectivity index is -0.0000000750. The van der Waals surface area contributed by atoms with Crippen LogP contribution in [0.3, 0.4) is 0 Å². The Morgan fingerprint density at radius 1 is 1.40 bits per heavy atom. The Labute approximate surface area is 87.1 Å². The molecule has 0 rings (SSSR count). The van der Waals surface area contributed by atoms with Crippen molar-refractivity contribution in [2.75, 3.05) is 0 Å². The summed E-state index contributed by atoms with van der Waals surface area (Å²) in [6.45, 7) is 0. The van der Waals surface area contributed by atoms with Crippen LogP contribution in [0.25, 0.3) is 0 Å². The van der Waals surface area contributed by atoms with E-state index in [0.717, 1.165) is 0 Å². The topological polar surface area (TPSA) is 89.5 Å². The Morgan fingerprint density at radius 2 is 1.50 bits per heavy atom. The molecule has 0 atom stereocenters. The van der Waals surface area contributed by atoms with E-state index < -0.39 is 31.0 Å². The maximum absolute atomic E-state index is 8.46. The summed E-state index contributed by atoms with van der Waals surface area (Å²) in [5, 5.41) is 0. The maximum atomic E-state index is 8.46. The molecule has 0 saturated heterocycles. The molecular formula is CH4Al4O5. The van der Waals surface area contributed by atoms with Crippen LogP contribution in [-0.2, 0) is 10.4 Å². The molecule has 0 unspecified atom stereocenters. The molecule has 0 fully saturated rings. The van der Waals surface area contributed by atoms with Gasteiger partial charge in [0, 0.05) is 0 Å². The zero-order valence-electron chi connectivity index (χ0n) is 5.48. The van der Waals surface area contributed by atoms with E-state index in [0.29, 0.717) is 0 Å². The van der Waals surface area contributed by atoms with Crippen molar-refractivity contribution in [3.63, 3.8) is 0 Å². The van der Waals surface area contributed by atoms with Gasteiger partial charge in [0.2, 0.25) is 0 Å². The number of hydrogen-bond acceptors (Lipinski definition) is 5. The molecule has 0 aliphatic rings. The fraction of sp³-hybridized carbons (Fsp3) is 1.00. The molecule has 0 heterocycles. The molecule has 0 bridgehead atoms. The molecule has 50 valence electrons. The van der Waals surface area contributed by atoms with Gasteiger partial charge in [0.25, 0.3) is 0 Å². The minimum absolute atomic E-state index is 0.113. The van der Waals surface area contributed by atoms with Crippen molar-refractivity contribution >= 4 is 63.2 Å². The molecule has 0 saturated carbocycles. The van der Waals surface area contributed by atoms with Crippen molar-refractivity contribution in [2.45, 2.75) is 5.79 Å². The van der Waals surface area contributed by atoms with E-state index in [1.54, 1.807) is 0 Å². The van der Waals surface area contributed by atoms with Gasteiger partial charge < -0.3 is 0 Å². The van der Waals surface area contributed by atoms with Gasteiger partial charge in [-0.25, -0.2) is 0 Å². The van der Waals surface area contributed by atoms with E-state index in [1.165, 1.54) is 0 Å². The molecule has 10 heavy (non-hydrogen) atoms. The Morgan fingerprint density at radius 3 is 1.50 bits per heavy atom. The van der Waals surface area contributed by atoms with E-state index >= 15 is 0 Å². The predicted octanol–water partition coefficient (Wildman–Crippen LogP) is -3.89. The van der Waals surface area contributed by atoms with Gasteiger partial charge in [-0.2, -0.15) is 0 Å². The van der Waals surface area contributed by atoms with Gasteiger partial charge in [-0.3, -0.25) is 0 Å². The van der Waals surface area contributed by atoms with Crippen molar-refractivity contribution < 1.29 is 18.8 Å². The third kappa shape index (κ3) is 122. The number of hydrogen-bond donors (Lipinski definition) is 0. The van der Waals surface area contributed by atoms with Crippen LogP contribution in [0.5, 0.6) is 0 Å². The van der Waals surface area contributed by atoms with Gasteiger partial charge in [0.05, 0.1) is 0 Å². The first kappa shape index (κ1) is 17.4. The first-order chi connectivity index (χ1) is 4.74. The Kier molecular flexibility index (Phi) is 55.2. The van der Waals surface area contributed by atoms with Gasteiger partial charge >= 0.3 is 87.7 Å². The van der Waals surface area contributed by atoms with Crippen LogP contribution < -0.4 is 8.32 Å². The van der Waals surface area contributed by atoms with Crippen LogP contribution in [0.1, 0.15) is 0 Å². The molecular weight excluding hydrogens is 200 g/mol. The summed E-state index contributed by atoms with van der Waals surface area (Å²) in [6, 6.07) is 0. The monoisotopic (exact) mass is 204 g/mol. The molecule has 0 aliphatic carbocycles. The number of rotatable bonds is 1. The van der Waals surface area contributed by atoms with Crippen LogP contribution in [0.15, 0.2) is 0 Å². The van der Waals surface area contributed by atoms with Crippen LogP contribution in [-0.4, -0.2) is 63.2 Å². The fourth-order valence-electron chi connectivity index (χ4n) is 0. The van der Waals surface area contributed by atoms with Crippen LogP contribution in [0.2, 0.25) is 5.79 Å². The van der Waals surface area contributed by atoms with Crippen LogP contribution >= 0.6 is 0 Å².